The fourth-order valence-corrected chi connectivity index (χ4v) is 3.22. The summed E-state index contributed by atoms with van der Waals surface area (Å²) < 4.78 is 16.0. The van der Waals surface area contributed by atoms with Gasteiger partial charge in [-0.1, -0.05) is 6.07 Å². The van der Waals surface area contributed by atoms with E-state index in [-0.39, 0.29) is 11.7 Å². The van der Waals surface area contributed by atoms with E-state index in [4.69, 9.17) is 0 Å². The number of fused-ring (bicyclic) bond motifs is 1. The van der Waals surface area contributed by atoms with Crippen LogP contribution in [0.2, 0.25) is 0 Å². The van der Waals surface area contributed by atoms with Crippen molar-refractivity contribution in [3.05, 3.63) is 65.9 Å². The smallest absolute Gasteiger partial charge is 0.265 e. The van der Waals surface area contributed by atoms with Crippen LogP contribution in [0.5, 0.6) is 0 Å². The van der Waals surface area contributed by atoms with Crippen LogP contribution >= 0.6 is 11.3 Å². The SMILES string of the molecule is O=C(Nc1ccc(-n2cncn2)nc1)c1cc2c(F)cccc2s1. The molecule has 4 aromatic rings. The van der Waals surface area contributed by atoms with E-state index in [1.165, 1.54) is 40.9 Å². The first-order valence-electron chi connectivity index (χ1n) is 7.01. The molecular formula is C16H10FN5OS. The van der Waals surface area contributed by atoms with Crippen molar-refractivity contribution in [1.82, 2.24) is 19.7 Å². The molecule has 0 aliphatic carbocycles. The summed E-state index contributed by atoms with van der Waals surface area (Å²) in [6.45, 7) is 0. The minimum atomic E-state index is -0.332. The second kappa shape index (κ2) is 5.82. The lowest BCUT2D eigenvalue weighted by Crippen LogP contribution is -2.10. The third-order valence-corrected chi connectivity index (χ3v) is 4.49. The standard InChI is InChI=1S/C16H10FN5OS/c17-12-2-1-3-13-11(12)6-14(24-13)16(23)21-10-4-5-15(19-7-10)22-9-18-8-20-22/h1-9H,(H,21,23). The van der Waals surface area contributed by atoms with Gasteiger partial charge in [-0.15, -0.1) is 11.3 Å². The number of rotatable bonds is 3. The number of halogens is 1. The lowest BCUT2D eigenvalue weighted by atomic mass is 10.2. The highest BCUT2D eigenvalue weighted by Gasteiger charge is 2.13. The Morgan fingerprint density at radius 2 is 2.17 bits per heavy atom. The zero-order chi connectivity index (χ0) is 16.5. The average molecular weight is 339 g/mol. The number of hydrogen-bond acceptors (Lipinski definition) is 5. The summed E-state index contributed by atoms with van der Waals surface area (Å²) in [5, 5.41) is 7.18. The first-order chi connectivity index (χ1) is 11.7. The van der Waals surface area contributed by atoms with Gasteiger partial charge in [0.15, 0.2) is 5.82 Å². The van der Waals surface area contributed by atoms with Crippen molar-refractivity contribution in [2.75, 3.05) is 5.32 Å². The number of carbonyl (C=O) groups excluding carboxylic acids is 1. The molecular weight excluding hydrogens is 329 g/mol. The first kappa shape index (κ1) is 14.5. The molecule has 6 nitrogen and oxygen atoms in total. The van der Waals surface area contributed by atoms with Crippen LogP contribution < -0.4 is 5.32 Å². The van der Waals surface area contributed by atoms with Crippen molar-refractivity contribution >= 4 is 33.0 Å². The highest BCUT2D eigenvalue weighted by Crippen LogP contribution is 2.28. The van der Waals surface area contributed by atoms with Gasteiger partial charge in [0, 0.05) is 10.1 Å². The molecule has 118 valence electrons. The van der Waals surface area contributed by atoms with Gasteiger partial charge in [0.2, 0.25) is 0 Å². The van der Waals surface area contributed by atoms with E-state index in [9.17, 15) is 9.18 Å². The highest BCUT2D eigenvalue weighted by molar-refractivity contribution is 7.20. The minimum absolute atomic E-state index is 0.300. The van der Waals surface area contributed by atoms with Gasteiger partial charge in [-0.2, -0.15) is 5.10 Å². The van der Waals surface area contributed by atoms with Gasteiger partial charge in [0.05, 0.1) is 16.8 Å². The maximum Gasteiger partial charge on any atom is 0.265 e. The molecule has 0 aliphatic rings. The zero-order valence-corrected chi connectivity index (χ0v) is 13.0. The molecule has 0 radical (unpaired) electrons. The summed E-state index contributed by atoms with van der Waals surface area (Å²) in [7, 11) is 0. The zero-order valence-electron chi connectivity index (χ0n) is 12.2. The Balaban J connectivity index is 1.55. The van der Waals surface area contributed by atoms with Crippen LogP contribution in [0.15, 0.2) is 55.2 Å². The maximum atomic E-state index is 13.7. The van der Waals surface area contributed by atoms with Crippen molar-refractivity contribution < 1.29 is 9.18 Å². The first-order valence-corrected chi connectivity index (χ1v) is 7.83. The summed E-state index contributed by atoms with van der Waals surface area (Å²) >= 11 is 1.25. The summed E-state index contributed by atoms with van der Waals surface area (Å²) in [5.74, 6) is -0.0398. The van der Waals surface area contributed by atoms with E-state index in [1.807, 2.05) is 0 Å². The number of benzene rings is 1. The number of pyridine rings is 1. The van der Waals surface area contributed by atoms with Crippen LogP contribution in [0.3, 0.4) is 0 Å². The number of nitrogens with one attached hydrogen (secondary N) is 1. The monoisotopic (exact) mass is 339 g/mol. The lowest BCUT2D eigenvalue weighted by Gasteiger charge is -2.04. The Labute approximate surface area is 139 Å². The molecule has 3 heterocycles. The maximum absolute atomic E-state index is 13.7. The topological polar surface area (TPSA) is 72.7 Å². The number of thiophene rings is 1. The van der Waals surface area contributed by atoms with Gasteiger partial charge < -0.3 is 5.32 Å². The third-order valence-electron chi connectivity index (χ3n) is 3.39. The van der Waals surface area contributed by atoms with E-state index < -0.39 is 0 Å². The Morgan fingerprint density at radius 1 is 1.25 bits per heavy atom. The van der Waals surface area contributed by atoms with Crippen LogP contribution in [-0.2, 0) is 0 Å². The molecule has 0 fully saturated rings. The van der Waals surface area contributed by atoms with Crippen LogP contribution in [0.1, 0.15) is 9.67 Å². The molecule has 1 amide bonds. The number of aromatic nitrogens is 4. The summed E-state index contributed by atoms with van der Waals surface area (Å²) in [4.78, 5) is 20.8. The molecule has 24 heavy (non-hydrogen) atoms. The highest BCUT2D eigenvalue weighted by atomic mass is 32.1. The molecule has 0 saturated heterocycles. The molecule has 0 spiro atoms. The van der Waals surface area contributed by atoms with E-state index >= 15 is 0 Å². The Bertz CT molecular complexity index is 1010. The molecule has 0 atom stereocenters. The average Bonchev–Trinajstić information content (AvgIpc) is 3.26. The third kappa shape index (κ3) is 2.63. The van der Waals surface area contributed by atoms with Gasteiger partial charge >= 0.3 is 0 Å². The Kier molecular flexibility index (Phi) is 3.51. The van der Waals surface area contributed by atoms with Gasteiger partial charge in [-0.05, 0) is 30.3 Å². The van der Waals surface area contributed by atoms with Gasteiger partial charge in [-0.3, -0.25) is 4.79 Å². The fraction of sp³-hybridized carbons (Fsp3) is 0. The molecule has 0 unspecified atom stereocenters. The molecule has 3 aromatic heterocycles. The van der Waals surface area contributed by atoms with E-state index in [2.05, 4.69) is 20.4 Å². The minimum Gasteiger partial charge on any atom is -0.320 e. The van der Waals surface area contributed by atoms with Crippen LogP contribution in [0.25, 0.3) is 15.9 Å². The molecule has 8 heteroatoms. The van der Waals surface area contributed by atoms with Crippen LogP contribution in [0, 0.1) is 5.82 Å². The number of hydrogen-bond donors (Lipinski definition) is 1. The molecule has 1 aromatic carbocycles. The van der Waals surface area contributed by atoms with Gasteiger partial charge in [0.25, 0.3) is 5.91 Å². The lowest BCUT2D eigenvalue weighted by molar-refractivity contribution is 0.103. The van der Waals surface area contributed by atoms with E-state index in [0.29, 0.717) is 21.8 Å². The van der Waals surface area contributed by atoms with E-state index in [0.717, 1.165) is 4.70 Å². The second-order valence-corrected chi connectivity index (χ2v) is 6.05. The predicted molar refractivity (Wildman–Crippen MR) is 88.9 cm³/mol. The predicted octanol–water partition coefficient (Wildman–Crippen LogP) is 3.27. The second-order valence-electron chi connectivity index (χ2n) is 4.96. The van der Waals surface area contributed by atoms with Crippen LogP contribution in [0.4, 0.5) is 10.1 Å². The van der Waals surface area contributed by atoms with Crippen molar-refractivity contribution in [3.8, 4) is 5.82 Å². The van der Waals surface area contributed by atoms with Crippen LogP contribution in [-0.4, -0.2) is 25.7 Å². The normalized spacial score (nSPS) is 10.9. The van der Waals surface area contributed by atoms with Crippen molar-refractivity contribution in [2.24, 2.45) is 0 Å². The van der Waals surface area contributed by atoms with Crippen molar-refractivity contribution in [1.29, 1.82) is 0 Å². The number of amides is 1. The summed E-state index contributed by atoms with van der Waals surface area (Å²) in [6, 6.07) is 9.78. The molecule has 0 saturated carbocycles. The van der Waals surface area contributed by atoms with Crippen molar-refractivity contribution in [3.63, 3.8) is 0 Å². The Hall–Kier alpha value is -3.13. The fourth-order valence-electron chi connectivity index (χ4n) is 2.25. The molecule has 1 N–H and O–H groups in total. The van der Waals surface area contributed by atoms with Gasteiger partial charge in [-0.25, -0.2) is 19.0 Å². The Morgan fingerprint density at radius 3 is 2.88 bits per heavy atom. The van der Waals surface area contributed by atoms with Gasteiger partial charge in [0.1, 0.15) is 18.5 Å². The number of nitrogens with zero attached hydrogens (tertiary/aromatic N) is 4. The summed E-state index contributed by atoms with van der Waals surface area (Å²) in [5.41, 5.74) is 0.543. The number of anilines is 1. The largest absolute Gasteiger partial charge is 0.320 e. The molecule has 4 rings (SSSR count). The molecule has 0 aliphatic heterocycles. The summed E-state index contributed by atoms with van der Waals surface area (Å²) in [6.07, 6.45) is 4.48. The van der Waals surface area contributed by atoms with Crippen molar-refractivity contribution in [2.45, 2.75) is 0 Å². The number of carbonyl (C=O) groups is 1. The molecule has 0 bridgehead atoms. The van der Waals surface area contributed by atoms with E-state index in [1.54, 1.807) is 30.3 Å². The quantitative estimate of drug-likeness (QED) is 0.622.